The molecule has 1 amide bonds. The second-order valence-corrected chi connectivity index (χ2v) is 8.73. The summed E-state index contributed by atoms with van der Waals surface area (Å²) in [5.74, 6) is 3.13. The molecule has 1 aliphatic rings. The molecule has 3 aromatic rings. The van der Waals surface area contributed by atoms with Crippen LogP contribution in [0.2, 0.25) is 0 Å². The fourth-order valence-corrected chi connectivity index (χ4v) is 4.41. The highest BCUT2D eigenvalue weighted by Crippen LogP contribution is 2.29. The molecule has 3 aromatic heterocycles. The molecule has 4 heterocycles. The number of carbonyl (C=O) groups is 1. The smallest absolute Gasteiger partial charge is 0.254 e. The molecule has 8 nitrogen and oxygen atoms in total. The van der Waals surface area contributed by atoms with E-state index in [1.807, 2.05) is 17.8 Å². The maximum Gasteiger partial charge on any atom is 0.254 e. The third kappa shape index (κ3) is 4.30. The lowest BCUT2D eigenvalue weighted by Crippen LogP contribution is -2.30. The molecule has 0 aliphatic carbocycles. The highest BCUT2D eigenvalue weighted by atomic mass is 32.2. The summed E-state index contributed by atoms with van der Waals surface area (Å²) in [5, 5.41) is 9.26. The fourth-order valence-electron chi connectivity index (χ4n) is 3.85. The minimum Gasteiger partial charge on any atom is -0.466 e. The summed E-state index contributed by atoms with van der Waals surface area (Å²) in [6.45, 7) is 8.78. The Bertz CT molecular complexity index is 1040. The Labute approximate surface area is 180 Å². The van der Waals surface area contributed by atoms with Gasteiger partial charge >= 0.3 is 0 Å². The molecule has 0 bridgehead atoms. The molecule has 160 valence electrons. The van der Waals surface area contributed by atoms with Gasteiger partial charge in [-0.2, -0.15) is 5.10 Å². The molecule has 0 aromatic carbocycles. The Morgan fingerprint density at radius 1 is 1.23 bits per heavy atom. The first kappa shape index (κ1) is 20.7. The van der Waals surface area contributed by atoms with Crippen molar-refractivity contribution in [1.29, 1.82) is 0 Å². The van der Waals surface area contributed by atoms with E-state index in [0.717, 1.165) is 46.6 Å². The van der Waals surface area contributed by atoms with E-state index in [1.165, 1.54) is 19.3 Å². The Hall–Kier alpha value is -2.55. The molecule has 1 aliphatic heterocycles. The van der Waals surface area contributed by atoms with Gasteiger partial charge in [-0.25, -0.2) is 14.6 Å². The van der Waals surface area contributed by atoms with Crippen LogP contribution in [0.15, 0.2) is 21.8 Å². The topological polar surface area (TPSA) is 89.1 Å². The van der Waals surface area contributed by atoms with E-state index < -0.39 is 0 Å². The molecule has 4 rings (SSSR count). The summed E-state index contributed by atoms with van der Waals surface area (Å²) >= 11 is 1.64. The number of nitrogens with one attached hydrogen (secondary N) is 1. The maximum absolute atomic E-state index is 12.4. The minimum absolute atomic E-state index is 0.133. The highest BCUT2D eigenvalue weighted by molar-refractivity contribution is 7.99. The van der Waals surface area contributed by atoms with Gasteiger partial charge in [0, 0.05) is 19.6 Å². The van der Waals surface area contributed by atoms with E-state index in [9.17, 15) is 4.79 Å². The maximum atomic E-state index is 12.4. The first-order chi connectivity index (χ1) is 14.6. The van der Waals surface area contributed by atoms with Gasteiger partial charge in [0.25, 0.3) is 5.91 Å². The van der Waals surface area contributed by atoms with Crippen molar-refractivity contribution < 1.29 is 9.21 Å². The average molecular weight is 429 g/mol. The molecule has 30 heavy (non-hydrogen) atoms. The lowest BCUT2D eigenvalue weighted by molar-refractivity contribution is 0.0950. The minimum atomic E-state index is -0.133. The van der Waals surface area contributed by atoms with Crippen molar-refractivity contribution in [2.24, 2.45) is 0 Å². The van der Waals surface area contributed by atoms with Crippen LogP contribution in [-0.2, 0) is 6.54 Å². The summed E-state index contributed by atoms with van der Waals surface area (Å²) in [5.41, 5.74) is 1.40. The number of piperidine rings is 1. The Kier molecular flexibility index (Phi) is 6.26. The molecule has 1 N–H and O–H groups in total. The Morgan fingerprint density at radius 2 is 2.03 bits per heavy atom. The van der Waals surface area contributed by atoms with Gasteiger partial charge in [0.1, 0.15) is 17.3 Å². The number of hydrogen-bond donors (Lipinski definition) is 1. The van der Waals surface area contributed by atoms with Gasteiger partial charge in [-0.3, -0.25) is 4.79 Å². The summed E-state index contributed by atoms with van der Waals surface area (Å²) in [7, 11) is 0. The highest BCUT2D eigenvalue weighted by Gasteiger charge is 2.20. The zero-order valence-electron chi connectivity index (χ0n) is 17.8. The number of thioether (sulfide) groups is 1. The molecule has 1 saturated heterocycles. The predicted octanol–water partition coefficient (Wildman–Crippen LogP) is 3.57. The SMILES string of the molecule is CCSc1nc(N2CCCCC2)c2cnn(CCNC(=O)c3cc(C)oc3C)c2n1. The zero-order chi connectivity index (χ0) is 21.1. The Balaban J connectivity index is 1.53. The van der Waals surface area contributed by atoms with Crippen LogP contribution in [0.1, 0.15) is 48.1 Å². The molecule has 0 unspecified atom stereocenters. The van der Waals surface area contributed by atoms with Crippen molar-refractivity contribution in [2.45, 2.75) is 51.7 Å². The molecular formula is C21H28N6O2S. The van der Waals surface area contributed by atoms with Gasteiger partial charge in [0.05, 0.1) is 23.7 Å². The van der Waals surface area contributed by atoms with Crippen LogP contribution in [0, 0.1) is 13.8 Å². The van der Waals surface area contributed by atoms with E-state index in [4.69, 9.17) is 14.4 Å². The molecular weight excluding hydrogens is 400 g/mol. The van der Waals surface area contributed by atoms with E-state index in [2.05, 4.69) is 22.2 Å². The van der Waals surface area contributed by atoms with Crippen molar-refractivity contribution in [2.75, 3.05) is 30.3 Å². The third-order valence-electron chi connectivity index (χ3n) is 5.28. The van der Waals surface area contributed by atoms with Gasteiger partial charge in [0.2, 0.25) is 0 Å². The van der Waals surface area contributed by atoms with E-state index in [1.54, 1.807) is 24.8 Å². The zero-order valence-corrected chi connectivity index (χ0v) is 18.6. The lowest BCUT2D eigenvalue weighted by atomic mass is 10.1. The second kappa shape index (κ2) is 9.07. The number of anilines is 1. The first-order valence-electron chi connectivity index (χ1n) is 10.5. The van der Waals surface area contributed by atoms with E-state index >= 15 is 0 Å². The van der Waals surface area contributed by atoms with Crippen molar-refractivity contribution in [3.63, 3.8) is 0 Å². The third-order valence-corrected chi connectivity index (χ3v) is 6.01. The number of furan rings is 1. The number of aromatic nitrogens is 4. The summed E-state index contributed by atoms with van der Waals surface area (Å²) in [4.78, 5) is 24.4. The van der Waals surface area contributed by atoms with Crippen LogP contribution in [0.3, 0.4) is 0 Å². The molecule has 0 spiro atoms. The number of aryl methyl sites for hydroxylation is 2. The number of nitrogens with zero attached hydrogens (tertiary/aromatic N) is 5. The van der Waals surface area contributed by atoms with Gasteiger partial charge in [-0.1, -0.05) is 18.7 Å². The van der Waals surface area contributed by atoms with Gasteiger partial charge in [-0.05, 0) is 44.9 Å². The number of carbonyl (C=O) groups excluding carboxylic acids is 1. The van der Waals surface area contributed by atoms with Crippen LogP contribution in [0.4, 0.5) is 5.82 Å². The number of rotatable bonds is 7. The van der Waals surface area contributed by atoms with Gasteiger partial charge in [0.15, 0.2) is 10.8 Å². The van der Waals surface area contributed by atoms with Crippen molar-refractivity contribution in [3.8, 4) is 0 Å². The second-order valence-electron chi connectivity index (χ2n) is 7.50. The standard InChI is InChI=1S/C21H28N6O2S/c1-4-30-21-24-18(26-9-6-5-7-10-26)17-13-23-27(19(17)25-21)11-8-22-20(28)16-12-14(2)29-15(16)3/h12-13H,4-11H2,1-3H3,(H,22,28). The molecule has 0 atom stereocenters. The fraction of sp³-hybridized carbons (Fsp3) is 0.524. The summed E-state index contributed by atoms with van der Waals surface area (Å²) in [6, 6.07) is 1.76. The number of amides is 1. The Morgan fingerprint density at radius 3 is 2.73 bits per heavy atom. The van der Waals surface area contributed by atoms with Crippen LogP contribution in [0.25, 0.3) is 11.0 Å². The van der Waals surface area contributed by atoms with Gasteiger partial charge < -0.3 is 14.6 Å². The number of hydrogen-bond acceptors (Lipinski definition) is 7. The molecule has 0 radical (unpaired) electrons. The van der Waals surface area contributed by atoms with E-state index in [-0.39, 0.29) is 5.91 Å². The quantitative estimate of drug-likeness (QED) is 0.454. The normalized spacial score (nSPS) is 14.4. The summed E-state index contributed by atoms with van der Waals surface area (Å²) < 4.78 is 7.31. The molecule has 0 saturated carbocycles. The monoisotopic (exact) mass is 428 g/mol. The van der Waals surface area contributed by atoms with E-state index in [0.29, 0.717) is 24.4 Å². The van der Waals surface area contributed by atoms with Crippen LogP contribution < -0.4 is 10.2 Å². The van der Waals surface area contributed by atoms with Gasteiger partial charge in [-0.15, -0.1) is 0 Å². The molecule has 1 fully saturated rings. The largest absolute Gasteiger partial charge is 0.466 e. The molecule has 9 heteroatoms. The lowest BCUT2D eigenvalue weighted by Gasteiger charge is -2.28. The van der Waals surface area contributed by atoms with Crippen molar-refractivity contribution in [3.05, 3.63) is 29.3 Å². The number of fused-ring (bicyclic) bond motifs is 1. The van der Waals surface area contributed by atoms with Crippen LogP contribution in [0.5, 0.6) is 0 Å². The predicted molar refractivity (Wildman–Crippen MR) is 118 cm³/mol. The van der Waals surface area contributed by atoms with Crippen LogP contribution >= 0.6 is 11.8 Å². The van der Waals surface area contributed by atoms with Crippen molar-refractivity contribution in [1.82, 2.24) is 25.1 Å². The van der Waals surface area contributed by atoms with Crippen molar-refractivity contribution >= 4 is 34.5 Å². The first-order valence-corrected chi connectivity index (χ1v) is 11.5. The average Bonchev–Trinajstić information content (AvgIpc) is 3.30. The summed E-state index contributed by atoms with van der Waals surface area (Å²) in [6.07, 6.45) is 5.50. The van der Waals surface area contributed by atoms with Crippen LogP contribution in [-0.4, -0.2) is 51.0 Å².